The van der Waals surface area contributed by atoms with Crippen LogP contribution < -0.4 is 0 Å². The highest BCUT2D eigenvalue weighted by Crippen LogP contribution is 2.34. The summed E-state index contributed by atoms with van der Waals surface area (Å²) in [6, 6.07) is 40.7. The molecule has 0 atom stereocenters. The number of rotatable bonds is 4. The van der Waals surface area contributed by atoms with Crippen molar-refractivity contribution in [3.05, 3.63) is 132 Å². The Morgan fingerprint density at radius 3 is 1.03 bits per heavy atom. The lowest BCUT2D eigenvalue weighted by Gasteiger charge is -2.09. The van der Waals surface area contributed by atoms with Crippen molar-refractivity contribution in [2.45, 2.75) is 0 Å². The first kappa shape index (κ1) is 20.2. The third kappa shape index (κ3) is 5.72. The van der Waals surface area contributed by atoms with E-state index in [9.17, 15) is 0 Å². The SMILES string of the molecule is c1ccc(/N=C(\SS/C(=N\c2ccccc2)c2ccccc2)c2ccccc2)cc1. The lowest BCUT2D eigenvalue weighted by atomic mass is 10.2. The highest BCUT2D eigenvalue weighted by molar-refractivity contribution is 8.87. The molecule has 0 fully saturated rings. The van der Waals surface area contributed by atoms with Gasteiger partial charge in [0.1, 0.15) is 10.1 Å². The van der Waals surface area contributed by atoms with Crippen molar-refractivity contribution in [1.29, 1.82) is 0 Å². The van der Waals surface area contributed by atoms with E-state index in [1.165, 1.54) is 0 Å². The molecule has 0 aliphatic carbocycles. The van der Waals surface area contributed by atoms with E-state index in [0.717, 1.165) is 32.6 Å². The molecule has 0 bridgehead atoms. The molecule has 0 N–H and O–H groups in total. The summed E-state index contributed by atoms with van der Waals surface area (Å²) in [6.07, 6.45) is 0. The topological polar surface area (TPSA) is 24.7 Å². The first-order valence-corrected chi connectivity index (χ1v) is 11.8. The van der Waals surface area contributed by atoms with Crippen LogP contribution in [0, 0.1) is 0 Å². The molecule has 4 heteroatoms. The Balaban J connectivity index is 1.66. The number of nitrogens with zero attached hydrogens (tertiary/aromatic N) is 2. The Labute approximate surface area is 185 Å². The van der Waals surface area contributed by atoms with Crippen molar-refractivity contribution in [3.63, 3.8) is 0 Å². The number of hydrogen-bond acceptors (Lipinski definition) is 4. The summed E-state index contributed by atoms with van der Waals surface area (Å²) in [5.74, 6) is 0. The van der Waals surface area contributed by atoms with Gasteiger partial charge in [-0.15, -0.1) is 0 Å². The van der Waals surface area contributed by atoms with Gasteiger partial charge < -0.3 is 0 Å². The fourth-order valence-electron chi connectivity index (χ4n) is 2.74. The van der Waals surface area contributed by atoms with Crippen LogP contribution in [0.4, 0.5) is 11.4 Å². The van der Waals surface area contributed by atoms with Crippen LogP contribution in [0.15, 0.2) is 131 Å². The van der Waals surface area contributed by atoms with Crippen LogP contribution in [0.25, 0.3) is 0 Å². The molecule has 0 amide bonds. The average molecular weight is 425 g/mol. The molecule has 0 spiro atoms. The molecule has 0 radical (unpaired) electrons. The van der Waals surface area contributed by atoms with Gasteiger partial charge in [-0.1, -0.05) is 97.1 Å². The van der Waals surface area contributed by atoms with E-state index in [0.29, 0.717) is 0 Å². The fourth-order valence-corrected chi connectivity index (χ4v) is 4.92. The maximum atomic E-state index is 4.91. The molecule has 0 aromatic heterocycles. The Morgan fingerprint density at radius 1 is 0.400 bits per heavy atom. The maximum absolute atomic E-state index is 4.91. The molecule has 0 aliphatic heterocycles. The van der Waals surface area contributed by atoms with E-state index in [-0.39, 0.29) is 0 Å². The molecular weight excluding hydrogens is 404 g/mol. The number of benzene rings is 4. The van der Waals surface area contributed by atoms with Crippen LogP contribution >= 0.6 is 21.6 Å². The summed E-state index contributed by atoms with van der Waals surface area (Å²) in [7, 11) is 3.26. The Morgan fingerprint density at radius 2 is 0.700 bits per heavy atom. The maximum Gasteiger partial charge on any atom is 0.115 e. The third-order valence-corrected chi connectivity index (χ3v) is 6.46. The molecule has 4 rings (SSSR count). The summed E-state index contributed by atoms with van der Waals surface area (Å²) >= 11 is 0. The molecule has 0 saturated carbocycles. The number of hydrogen-bond donors (Lipinski definition) is 0. The Hall–Kier alpha value is -3.08. The van der Waals surface area contributed by atoms with Crippen molar-refractivity contribution in [2.24, 2.45) is 9.98 Å². The van der Waals surface area contributed by atoms with Crippen LogP contribution in [0.3, 0.4) is 0 Å². The molecule has 0 unspecified atom stereocenters. The van der Waals surface area contributed by atoms with E-state index in [4.69, 9.17) is 9.98 Å². The minimum Gasteiger partial charge on any atom is -0.241 e. The van der Waals surface area contributed by atoms with Gasteiger partial charge in [0.2, 0.25) is 0 Å². The van der Waals surface area contributed by atoms with Crippen molar-refractivity contribution < 1.29 is 0 Å². The van der Waals surface area contributed by atoms with E-state index in [1.54, 1.807) is 21.6 Å². The van der Waals surface area contributed by atoms with Gasteiger partial charge in [-0.05, 0) is 45.9 Å². The molecular formula is C26H20N2S2. The zero-order chi connectivity index (χ0) is 20.4. The van der Waals surface area contributed by atoms with Crippen LogP contribution in [-0.4, -0.2) is 10.1 Å². The average Bonchev–Trinajstić information content (AvgIpc) is 2.83. The molecule has 2 nitrogen and oxygen atoms in total. The highest BCUT2D eigenvalue weighted by Gasteiger charge is 2.11. The van der Waals surface area contributed by atoms with Gasteiger partial charge in [-0.2, -0.15) is 0 Å². The molecule has 0 heterocycles. The van der Waals surface area contributed by atoms with Crippen LogP contribution in [0.2, 0.25) is 0 Å². The summed E-state index contributed by atoms with van der Waals surface area (Å²) in [6.45, 7) is 0. The zero-order valence-corrected chi connectivity index (χ0v) is 17.9. The number of aliphatic imine (C=N–C) groups is 2. The standard InChI is InChI=1S/C26H20N2S2/c1-5-13-21(14-6-1)25(27-23-17-9-3-10-18-23)29-30-26(22-15-7-2-8-16-22)28-24-19-11-4-12-20-24/h1-20H/b27-25-,28-26-. The van der Waals surface area contributed by atoms with E-state index in [2.05, 4.69) is 24.3 Å². The van der Waals surface area contributed by atoms with Crippen molar-refractivity contribution >= 4 is 43.1 Å². The lowest BCUT2D eigenvalue weighted by Crippen LogP contribution is -1.97. The quantitative estimate of drug-likeness (QED) is 0.189. The molecule has 30 heavy (non-hydrogen) atoms. The van der Waals surface area contributed by atoms with Crippen molar-refractivity contribution in [1.82, 2.24) is 0 Å². The molecule has 4 aromatic carbocycles. The molecule has 0 aliphatic rings. The first-order valence-electron chi connectivity index (χ1n) is 9.61. The lowest BCUT2D eigenvalue weighted by molar-refractivity contribution is 1.52. The third-order valence-electron chi connectivity index (χ3n) is 4.21. The van der Waals surface area contributed by atoms with E-state index in [1.807, 2.05) is 97.1 Å². The highest BCUT2D eigenvalue weighted by atomic mass is 33.1. The van der Waals surface area contributed by atoms with Crippen LogP contribution in [0.1, 0.15) is 11.1 Å². The molecule has 146 valence electrons. The molecule has 0 saturated heterocycles. The van der Waals surface area contributed by atoms with Gasteiger partial charge in [0.05, 0.1) is 11.4 Å². The molecule has 4 aromatic rings. The first-order chi connectivity index (χ1) is 14.9. The van der Waals surface area contributed by atoms with Crippen LogP contribution in [-0.2, 0) is 0 Å². The predicted molar refractivity (Wildman–Crippen MR) is 133 cm³/mol. The summed E-state index contributed by atoms with van der Waals surface area (Å²) in [5.41, 5.74) is 4.05. The van der Waals surface area contributed by atoms with Gasteiger partial charge in [0.25, 0.3) is 0 Å². The predicted octanol–water partition coefficient (Wildman–Crippen LogP) is 7.92. The van der Waals surface area contributed by atoms with E-state index >= 15 is 0 Å². The number of para-hydroxylation sites is 2. The monoisotopic (exact) mass is 424 g/mol. The largest absolute Gasteiger partial charge is 0.241 e. The summed E-state index contributed by atoms with van der Waals surface area (Å²) < 4.78 is 0. The summed E-state index contributed by atoms with van der Waals surface area (Å²) in [5, 5.41) is 1.90. The van der Waals surface area contributed by atoms with Crippen LogP contribution in [0.5, 0.6) is 0 Å². The van der Waals surface area contributed by atoms with Gasteiger partial charge in [-0.25, -0.2) is 9.98 Å². The fraction of sp³-hybridized carbons (Fsp3) is 0. The van der Waals surface area contributed by atoms with Crippen molar-refractivity contribution in [2.75, 3.05) is 0 Å². The second kappa shape index (κ2) is 10.6. The minimum absolute atomic E-state index is 0.936. The van der Waals surface area contributed by atoms with E-state index < -0.39 is 0 Å². The van der Waals surface area contributed by atoms with Gasteiger partial charge >= 0.3 is 0 Å². The zero-order valence-electron chi connectivity index (χ0n) is 16.3. The smallest absolute Gasteiger partial charge is 0.115 e. The second-order valence-corrected chi connectivity index (χ2v) is 8.51. The van der Waals surface area contributed by atoms with Gasteiger partial charge in [0.15, 0.2) is 0 Å². The Kier molecular flexibility index (Phi) is 7.16. The van der Waals surface area contributed by atoms with Crippen molar-refractivity contribution in [3.8, 4) is 0 Å². The Bertz CT molecular complexity index is 1020. The van der Waals surface area contributed by atoms with Gasteiger partial charge in [0, 0.05) is 11.1 Å². The normalized spacial score (nSPS) is 12.0. The minimum atomic E-state index is 0.936. The second-order valence-electron chi connectivity index (χ2n) is 6.40. The van der Waals surface area contributed by atoms with Gasteiger partial charge in [-0.3, -0.25) is 0 Å². The summed E-state index contributed by atoms with van der Waals surface area (Å²) in [4.78, 5) is 9.81.